The van der Waals surface area contributed by atoms with E-state index in [2.05, 4.69) is 54.6 Å². The van der Waals surface area contributed by atoms with Gasteiger partial charge in [-0.05, 0) is 24.8 Å². The van der Waals surface area contributed by atoms with Gasteiger partial charge in [0.05, 0.1) is 5.54 Å². The lowest BCUT2D eigenvalue weighted by atomic mass is 9.72. The molecule has 1 aromatic rings. The maximum atomic E-state index is 3.72. The van der Waals surface area contributed by atoms with Gasteiger partial charge in [0.2, 0.25) is 0 Å². The third kappa shape index (κ3) is 2.13. The van der Waals surface area contributed by atoms with Crippen molar-refractivity contribution in [2.24, 2.45) is 0 Å². The predicted molar refractivity (Wildman–Crippen MR) is 68.0 cm³/mol. The van der Waals surface area contributed by atoms with Crippen molar-refractivity contribution in [2.75, 3.05) is 13.1 Å². The molecule has 0 spiro atoms. The highest BCUT2D eigenvalue weighted by Crippen LogP contribution is 2.41. The topological polar surface area (TPSA) is 15.3 Å². The van der Waals surface area contributed by atoms with Crippen LogP contribution in [0, 0.1) is 0 Å². The average Bonchev–Trinajstić information content (AvgIpc) is 2.30. The van der Waals surface area contributed by atoms with Crippen molar-refractivity contribution in [1.29, 1.82) is 0 Å². The Morgan fingerprint density at radius 1 is 1.12 bits per heavy atom. The highest BCUT2D eigenvalue weighted by Gasteiger charge is 2.39. The molecule has 0 atom stereocenters. The number of hydrazine groups is 1. The van der Waals surface area contributed by atoms with Crippen molar-refractivity contribution < 1.29 is 0 Å². The molecule has 1 aromatic carbocycles. The van der Waals surface area contributed by atoms with Crippen molar-refractivity contribution in [3.05, 3.63) is 35.9 Å². The van der Waals surface area contributed by atoms with Crippen LogP contribution >= 0.6 is 0 Å². The molecule has 2 rings (SSSR count). The lowest BCUT2D eigenvalue weighted by Crippen LogP contribution is -2.55. The van der Waals surface area contributed by atoms with Gasteiger partial charge >= 0.3 is 0 Å². The summed E-state index contributed by atoms with van der Waals surface area (Å²) in [6, 6.07) is 10.9. The molecule has 0 amide bonds. The molecular weight excluding hydrogens is 196 g/mol. The van der Waals surface area contributed by atoms with Crippen LogP contribution in [-0.4, -0.2) is 18.1 Å². The summed E-state index contributed by atoms with van der Waals surface area (Å²) < 4.78 is 0. The molecule has 0 radical (unpaired) electrons. The zero-order valence-corrected chi connectivity index (χ0v) is 10.4. The van der Waals surface area contributed by atoms with Crippen LogP contribution in [0.3, 0.4) is 0 Å². The van der Waals surface area contributed by atoms with Gasteiger partial charge in [0.25, 0.3) is 0 Å². The van der Waals surface area contributed by atoms with Gasteiger partial charge in [-0.2, -0.15) is 0 Å². The number of rotatable bonds is 5. The van der Waals surface area contributed by atoms with Gasteiger partial charge in [-0.3, -0.25) is 0 Å². The normalized spacial score (nSPS) is 18.4. The summed E-state index contributed by atoms with van der Waals surface area (Å²) in [6.07, 6.45) is 3.85. The van der Waals surface area contributed by atoms with E-state index in [1.54, 1.807) is 0 Å². The van der Waals surface area contributed by atoms with Gasteiger partial charge < -0.3 is 0 Å². The quantitative estimate of drug-likeness (QED) is 0.764. The number of hydrogen-bond donors (Lipinski definition) is 1. The van der Waals surface area contributed by atoms with Gasteiger partial charge in [-0.25, -0.2) is 10.4 Å². The standard InChI is InChI=1S/C14H22N2/c1-3-16(4-2)15-14(11-8-12-14)13-9-6-5-7-10-13/h5-7,9-10,15H,3-4,8,11-12H2,1-2H3. The molecule has 16 heavy (non-hydrogen) atoms. The van der Waals surface area contributed by atoms with Crippen LogP contribution in [0.1, 0.15) is 38.7 Å². The second kappa shape index (κ2) is 4.98. The van der Waals surface area contributed by atoms with Crippen LogP contribution in [0.2, 0.25) is 0 Å². The Hall–Kier alpha value is -0.860. The van der Waals surface area contributed by atoms with E-state index in [-0.39, 0.29) is 5.54 Å². The SMILES string of the molecule is CCN(CC)NC1(c2ccccc2)CCC1. The van der Waals surface area contributed by atoms with Crippen molar-refractivity contribution in [3.8, 4) is 0 Å². The maximum Gasteiger partial charge on any atom is 0.0574 e. The lowest BCUT2D eigenvalue weighted by Gasteiger charge is -2.46. The van der Waals surface area contributed by atoms with E-state index in [1.807, 2.05) is 0 Å². The highest BCUT2D eigenvalue weighted by molar-refractivity contribution is 5.26. The molecule has 88 valence electrons. The number of nitrogens with one attached hydrogen (secondary N) is 1. The van der Waals surface area contributed by atoms with E-state index in [0.29, 0.717) is 0 Å². The third-order valence-corrected chi connectivity index (χ3v) is 3.67. The summed E-state index contributed by atoms with van der Waals surface area (Å²) >= 11 is 0. The summed E-state index contributed by atoms with van der Waals surface area (Å²) in [7, 11) is 0. The zero-order chi connectivity index (χ0) is 11.4. The Bertz CT molecular complexity index is 313. The Morgan fingerprint density at radius 2 is 1.75 bits per heavy atom. The lowest BCUT2D eigenvalue weighted by molar-refractivity contribution is 0.0527. The van der Waals surface area contributed by atoms with Crippen molar-refractivity contribution in [2.45, 2.75) is 38.6 Å². The molecule has 0 unspecified atom stereocenters. The van der Waals surface area contributed by atoms with Gasteiger partial charge in [0.1, 0.15) is 0 Å². The van der Waals surface area contributed by atoms with Crippen LogP contribution in [0.15, 0.2) is 30.3 Å². The molecule has 0 aromatic heterocycles. The van der Waals surface area contributed by atoms with E-state index in [1.165, 1.54) is 24.8 Å². The van der Waals surface area contributed by atoms with Crippen LogP contribution in [-0.2, 0) is 5.54 Å². The van der Waals surface area contributed by atoms with Crippen molar-refractivity contribution in [1.82, 2.24) is 10.4 Å². The number of hydrogen-bond acceptors (Lipinski definition) is 2. The molecule has 0 saturated heterocycles. The van der Waals surface area contributed by atoms with Crippen LogP contribution in [0.25, 0.3) is 0 Å². The first-order valence-electron chi connectivity index (χ1n) is 6.39. The van der Waals surface area contributed by atoms with E-state index >= 15 is 0 Å². The molecule has 0 bridgehead atoms. The summed E-state index contributed by atoms with van der Waals surface area (Å²) in [4.78, 5) is 0. The van der Waals surface area contributed by atoms with E-state index in [9.17, 15) is 0 Å². The first kappa shape index (κ1) is 11.6. The molecule has 2 heteroatoms. The second-order valence-corrected chi connectivity index (χ2v) is 4.59. The second-order valence-electron chi connectivity index (χ2n) is 4.59. The van der Waals surface area contributed by atoms with Crippen molar-refractivity contribution in [3.63, 3.8) is 0 Å². The summed E-state index contributed by atoms with van der Waals surface area (Å²) in [5.74, 6) is 0. The smallest absolute Gasteiger partial charge is 0.0574 e. The largest absolute Gasteiger partial charge is 0.245 e. The van der Waals surface area contributed by atoms with Crippen LogP contribution < -0.4 is 5.43 Å². The molecule has 0 heterocycles. The molecule has 1 N–H and O–H groups in total. The van der Waals surface area contributed by atoms with E-state index in [0.717, 1.165) is 13.1 Å². The van der Waals surface area contributed by atoms with Gasteiger partial charge in [-0.15, -0.1) is 0 Å². The van der Waals surface area contributed by atoms with Crippen LogP contribution in [0.5, 0.6) is 0 Å². The molecular formula is C14H22N2. The average molecular weight is 218 g/mol. The first-order valence-corrected chi connectivity index (χ1v) is 6.39. The maximum absolute atomic E-state index is 3.72. The predicted octanol–water partition coefficient (Wildman–Crippen LogP) is 2.91. The summed E-state index contributed by atoms with van der Waals surface area (Å²) in [5, 5.41) is 2.31. The fraction of sp³-hybridized carbons (Fsp3) is 0.571. The zero-order valence-electron chi connectivity index (χ0n) is 10.4. The fourth-order valence-corrected chi connectivity index (χ4v) is 2.44. The molecule has 2 nitrogen and oxygen atoms in total. The first-order chi connectivity index (χ1) is 7.80. The fourth-order valence-electron chi connectivity index (χ4n) is 2.44. The minimum absolute atomic E-state index is 0.216. The third-order valence-electron chi connectivity index (χ3n) is 3.67. The van der Waals surface area contributed by atoms with E-state index < -0.39 is 0 Å². The highest BCUT2D eigenvalue weighted by atomic mass is 15.5. The van der Waals surface area contributed by atoms with Gasteiger partial charge in [0.15, 0.2) is 0 Å². The molecule has 1 fully saturated rings. The van der Waals surface area contributed by atoms with Crippen molar-refractivity contribution >= 4 is 0 Å². The minimum Gasteiger partial charge on any atom is -0.245 e. The molecule has 1 aliphatic carbocycles. The number of nitrogens with zero attached hydrogens (tertiary/aromatic N) is 1. The summed E-state index contributed by atoms with van der Waals surface area (Å²) in [6.45, 7) is 6.53. The van der Waals surface area contributed by atoms with E-state index in [4.69, 9.17) is 0 Å². The summed E-state index contributed by atoms with van der Waals surface area (Å²) in [5.41, 5.74) is 5.37. The Morgan fingerprint density at radius 3 is 2.19 bits per heavy atom. The Labute approximate surface area is 98.6 Å². The molecule has 1 saturated carbocycles. The Kier molecular flexibility index (Phi) is 3.62. The van der Waals surface area contributed by atoms with Gasteiger partial charge in [0, 0.05) is 13.1 Å². The Balaban J connectivity index is 2.14. The minimum atomic E-state index is 0.216. The monoisotopic (exact) mass is 218 g/mol. The van der Waals surface area contributed by atoms with Gasteiger partial charge in [-0.1, -0.05) is 44.2 Å². The molecule has 0 aliphatic heterocycles. The van der Waals surface area contributed by atoms with Crippen LogP contribution in [0.4, 0.5) is 0 Å². The molecule has 1 aliphatic rings. The number of benzene rings is 1.